The summed E-state index contributed by atoms with van der Waals surface area (Å²) in [5, 5.41) is 3.55. The lowest BCUT2D eigenvalue weighted by Gasteiger charge is -2.16. The van der Waals surface area contributed by atoms with Gasteiger partial charge in [0, 0.05) is 31.6 Å². The maximum Gasteiger partial charge on any atom is 0.269 e. The van der Waals surface area contributed by atoms with Crippen LogP contribution in [0.5, 0.6) is 0 Å². The van der Waals surface area contributed by atoms with Gasteiger partial charge in [-0.15, -0.1) is 0 Å². The molecule has 1 aromatic rings. The maximum absolute atomic E-state index is 12.2. The lowest BCUT2D eigenvalue weighted by Crippen LogP contribution is -2.47. The van der Waals surface area contributed by atoms with Gasteiger partial charge in [0.2, 0.25) is 5.91 Å². The Labute approximate surface area is 173 Å². The van der Waals surface area contributed by atoms with Gasteiger partial charge in [0.05, 0.1) is 0 Å². The van der Waals surface area contributed by atoms with E-state index in [0.717, 1.165) is 25.1 Å². The zero-order chi connectivity index (χ0) is 20.4. The molecule has 1 atom stereocenters. The third-order valence-electron chi connectivity index (χ3n) is 4.96. The zero-order valence-electron chi connectivity index (χ0n) is 16.9. The number of amides is 2. The summed E-state index contributed by atoms with van der Waals surface area (Å²) < 4.78 is 0. The molecule has 6 nitrogen and oxygen atoms in total. The van der Waals surface area contributed by atoms with Crippen LogP contribution in [-0.4, -0.2) is 34.9 Å². The van der Waals surface area contributed by atoms with Crippen molar-refractivity contribution in [3.05, 3.63) is 35.4 Å². The first-order valence-electron chi connectivity index (χ1n) is 10.2. The van der Waals surface area contributed by atoms with Crippen LogP contribution in [-0.2, 0) is 11.3 Å². The fraction of sp³-hybridized carbons (Fsp3) is 0.571. The summed E-state index contributed by atoms with van der Waals surface area (Å²) in [6, 6.07) is 7.29. The highest BCUT2D eigenvalue weighted by atomic mass is 32.1. The van der Waals surface area contributed by atoms with Crippen molar-refractivity contribution < 1.29 is 9.59 Å². The first-order chi connectivity index (χ1) is 13.5. The first-order valence-corrected chi connectivity index (χ1v) is 10.6. The number of nitrogens with zero attached hydrogens (tertiary/aromatic N) is 1. The molecule has 1 heterocycles. The summed E-state index contributed by atoms with van der Waals surface area (Å²) in [7, 11) is 0. The molecular weight excluding hydrogens is 372 g/mol. The minimum absolute atomic E-state index is 0.201. The molecule has 0 saturated carbocycles. The fourth-order valence-corrected chi connectivity index (χ4v) is 3.33. The number of carbonyl (C=O) groups excluding carboxylic acids is 2. The number of hydrogen-bond donors (Lipinski definition) is 3. The topological polar surface area (TPSA) is 73.5 Å². The minimum atomic E-state index is -0.246. The van der Waals surface area contributed by atoms with Crippen molar-refractivity contribution in [2.24, 2.45) is 5.92 Å². The van der Waals surface area contributed by atoms with Crippen molar-refractivity contribution in [1.82, 2.24) is 21.1 Å². The van der Waals surface area contributed by atoms with Gasteiger partial charge in [-0.25, -0.2) is 0 Å². The molecule has 0 aliphatic carbocycles. The minimum Gasteiger partial charge on any atom is -0.361 e. The molecule has 1 aliphatic heterocycles. The molecule has 154 valence electrons. The number of likely N-dealkylation sites (tertiary alicyclic amines) is 1. The average Bonchev–Trinajstić information content (AvgIpc) is 3.09. The highest BCUT2D eigenvalue weighted by molar-refractivity contribution is 7.80. The maximum atomic E-state index is 12.2. The van der Waals surface area contributed by atoms with Gasteiger partial charge in [0.15, 0.2) is 5.11 Å². The number of carbonyl (C=O) groups is 2. The Morgan fingerprint density at radius 3 is 2.61 bits per heavy atom. The van der Waals surface area contributed by atoms with E-state index in [1.54, 1.807) is 12.1 Å². The van der Waals surface area contributed by atoms with Crippen LogP contribution in [0.15, 0.2) is 24.3 Å². The lowest BCUT2D eigenvalue weighted by molar-refractivity contribution is -0.128. The second-order valence-electron chi connectivity index (χ2n) is 7.51. The van der Waals surface area contributed by atoms with E-state index in [0.29, 0.717) is 29.6 Å². The van der Waals surface area contributed by atoms with Crippen molar-refractivity contribution in [3.63, 3.8) is 0 Å². The van der Waals surface area contributed by atoms with Crippen molar-refractivity contribution >= 4 is 29.1 Å². The van der Waals surface area contributed by atoms with Gasteiger partial charge in [0.1, 0.15) is 0 Å². The number of rotatable bonds is 9. The highest BCUT2D eigenvalue weighted by Gasteiger charge is 2.20. The second-order valence-corrected chi connectivity index (χ2v) is 7.91. The molecule has 0 unspecified atom stereocenters. The smallest absolute Gasteiger partial charge is 0.269 e. The standard InChI is InChI=1S/C21H32N4O2S/c1-3-4-5-7-16(2)14-22-21(28)24-23-20(27)18-11-9-17(10-12-18)15-25-13-6-8-19(25)26/h9-12,16H,3-8,13-15H2,1-2H3,(H,23,27)(H2,22,24,28)/t16-/m0/s1. The summed E-state index contributed by atoms with van der Waals surface area (Å²) in [4.78, 5) is 25.8. The molecule has 28 heavy (non-hydrogen) atoms. The van der Waals surface area contributed by atoms with E-state index < -0.39 is 0 Å². The Hall–Kier alpha value is -2.15. The molecule has 2 amide bonds. The molecule has 1 fully saturated rings. The summed E-state index contributed by atoms with van der Waals surface area (Å²) in [5.41, 5.74) is 6.93. The van der Waals surface area contributed by atoms with Gasteiger partial charge >= 0.3 is 0 Å². The van der Waals surface area contributed by atoms with Crippen LogP contribution in [0.25, 0.3) is 0 Å². The van der Waals surface area contributed by atoms with Crippen LogP contribution in [0.1, 0.15) is 68.3 Å². The summed E-state index contributed by atoms with van der Waals surface area (Å²) in [5.74, 6) is 0.493. The molecule has 0 radical (unpaired) electrons. The zero-order valence-corrected chi connectivity index (χ0v) is 17.7. The molecule has 0 spiro atoms. The molecule has 1 aromatic carbocycles. The Balaban J connectivity index is 1.69. The van der Waals surface area contributed by atoms with Gasteiger partial charge in [-0.3, -0.25) is 20.4 Å². The Morgan fingerprint density at radius 1 is 1.21 bits per heavy atom. The number of benzene rings is 1. The van der Waals surface area contributed by atoms with Crippen LogP contribution in [0, 0.1) is 5.92 Å². The third kappa shape index (κ3) is 7.46. The van der Waals surface area contributed by atoms with E-state index in [4.69, 9.17) is 12.2 Å². The van der Waals surface area contributed by atoms with Gasteiger partial charge in [-0.2, -0.15) is 0 Å². The molecule has 1 aliphatic rings. The molecule has 0 bridgehead atoms. The monoisotopic (exact) mass is 404 g/mol. The van der Waals surface area contributed by atoms with E-state index in [1.165, 1.54) is 25.7 Å². The Morgan fingerprint density at radius 2 is 1.96 bits per heavy atom. The summed E-state index contributed by atoms with van der Waals surface area (Å²) in [6.45, 7) is 6.60. The van der Waals surface area contributed by atoms with Crippen LogP contribution in [0.3, 0.4) is 0 Å². The predicted octanol–water partition coefficient (Wildman–Crippen LogP) is 3.13. The fourth-order valence-electron chi connectivity index (χ4n) is 3.19. The van der Waals surface area contributed by atoms with E-state index in [-0.39, 0.29) is 11.8 Å². The number of hydrazine groups is 1. The van der Waals surface area contributed by atoms with Crippen LogP contribution >= 0.6 is 12.2 Å². The van der Waals surface area contributed by atoms with Gasteiger partial charge in [-0.1, -0.05) is 45.2 Å². The van der Waals surface area contributed by atoms with Crippen molar-refractivity contribution in [1.29, 1.82) is 0 Å². The van der Waals surface area contributed by atoms with E-state index in [2.05, 4.69) is 30.0 Å². The van der Waals surface area contributed by atoms with E-state index in [9.17, 15) is 9.59 Å². The average molecular weight is 405 g/mol. The molecule has 0 aromatic heterocycles. The van der Waals surface area contributed by atoms with Crippen LogP contribution in [0.2, 0.25) is 0 Å². The SMILES string of the molecule is CCCCC[C@H](C)CNC(=S)NNC(=O)c1ccc(CN2CCCC2=O)cc1. The largest absolute Gasteiger partial charge is 0.361 e. The van der Waals surface area contributed by atoms with Crippen molar-refractivity contribution in [3.8, 4) is 0 Å². The predicted molar refractivity (Wildman–Crippen MR) is 116 cm³/mol. The second kappa shape index (κ2) is 11.6. The molecule has 7 heteroatoms. The Bertz CT molecular complexity index is 663. The van der Waals surface area contributed by atoms with Gasteiger partial charge < -0.3 is 10.2 Å². The van der Waals surface area contributed by atoms with Gasteiger partial charge in [-0.05, 0) is 48.7 Å². The summed E-state index contributed by atoms with van der Waals surface area (Å²) in [6.07, 6.45) is 6.46. The first kappa shape index (κ1) is 22.1. The Kier molecular flexibility index (Phi) is 9.20. The quantitative estimate of drug-likeness (QED) is 0.335. The molecule has 1 saturated heterocycles. The summed E-state index contributed by atoms with van der Waals surface area (Å²) >= 11 is 5.21. The van der Waals surface area contributed by atoms with E-state index >= 15 is 0 Å². The van der Waals surface area contributed by atoms with E-state index in [1.807, 2.05) is 17.0 Å². The van der Waals surface area contributed by atoms with Crippen molar-refractivity contribution in [2.45, 2.75) is 58.9 Å². The molecular formula is C21H32N4O2S. The van der Waals surface area contributed by atoms with Crippen LogP contribution < -0.4 is 16.2 Å². The third-order valence-corrected chi connectivity index (χ3v) is 5.21. The number of thiocarbonyl (C=S) groups is 1. The number of hydrogen-bond acceptors (Lipinski definition) is 3. The number of unbranched alkanes of at least 4 members (excludes halogenated alkanes) is 2. The van der Waals surface area contributed by atoms with Crippen LogP contribution in [0.4, 0.5) is 0 Å². The van der Waals surface area contributed by atoms with Gasteiger partial charge in [0.25, 0.3) is 5.91 Å². The highest BCUT2D eigenvalue weighted by Crippen LogP contribution is 2.14. The molecule has 2 rings (SSSR count). The number of nitrogens with one attached hydrogen (secondary N) is 3. The lowest BCUT2D eigenvalue weighted by atomic mass is 10.0. The molecule has 3 N–H and O–H groups in total. The normalized spacial score (nSPS) is 14.6. The van der Waals surface area contributed by atoms with Crippen molar-refractivity contribution in [2.75, 3.05) is 13.1 Å².